The molecule has 5 nitrogen and oxygen atoms in total. The molecule has 2 rings (SSSR count). The Hall–Kier alpha value is -0.380. The third-order valence-corrected chi connectivity index (χ3v) is 6.34. The van der Waals surface area contributed by atoms with Crippen LogP contribution >= 0.6 is 35.3 Å². The maximum absolute atomic E-state index is 10.7. The number of rotatable bonds is 10. The summed E-state index contributed by atoms with van der Waals surface area (Å²) >= 11 is 1.57. The molecule has 1 heterocycles. The molecule has 0 radical (unpaired) electrons. The summed E-state index contributed by atoms with van der Waals surface area (Å²) < 4.78 is 5.60. The lowest BCUT2D eigenvalue weighted by atomic mass is 9.83. The van der Waals surface area contributed by atoms with Crippen molar-refractivity contribution in [2.24, 2.45) is 10.4 Å². The molecule has 3 N–H and O–H groups in total. The van der Waals surface area contributed by atoms with Gasteiger partial charge in [-0.1, -0.05) is 18.9 Å². The molecule has 1 unspecified atom stereocenters. The molecule has 1 atom stereocenters. The molecule has 27 heavy (non-hydrogen) atoms. The van der Waals surface area contributed by atoms with Gasteiger partial charge >= 0.3 is 0 Å². The number of nitrogens with zero attached hydrogens (tertiary/aromatic N) is 1. The molecule has 1 aromatic rings. The van der Waals surface area contributed by atoms with Gasteiger partial charge in [-0.25, -0.2) is 4.99 Å². The molecule has 7 heteroatoms. The first-order chi connectivity index (χ1) is 12.5. The van der Waals surface area contributed by atoms with Gasteiger partial charge in [-0.2, -0.15) is 0 Å². The van der Waals surface area contributed by atoms with E-state index in [1.54, 1.807) is 11.3 Å². The van der Waals surface area contributed by atoms with Crippen LogP contribution in [0.25, 0.3) is 0 Å². The Balaban J connectivity index is 0.00000364. The average Bonchev–Trinajstić information content (AvgIpc) is 3.30. The Morgan fingerprint density at radius 1 is 1.33 bits per heavy atom. The number of hydrogen-bond donors (Lipinski definition) is 3. The van der Waals surface area contributed by atoms with Crippen LogP contribution in [-0.4, -0.2) is 43.9 Å². The molecule has 1 aliphatic rings. The summed E-state index contributed by atoms with van der Waals surface area (Å²) in [5.41, 5.74) is -0.627. The number of aliphatic hydroxyl groups is 1. The summed E-state index contributed by atoms with van der Waals surface area (Å²) in [7, 11) is 0. The summed E-state index contributed by atoms with van der Waals surface area (Å²) in [5.74, 6) is 0.784. The zero-order chi connectivity index (χ0) is 18.9. The molecule has 1 aliphatic carbocycles. The van der Waals surface area contributed by atoms with Crippen molar-refractivity contribution in [3.8, 4) is 0 Å². The van der Waals surface area contributed by atoms with Gasteiger partial charge < -0.3 is 20.5 Å². The van der Waals surface area contributed by atoms with Crippen LogP contribution in [0.5, 0.6) is 0 Å². The van der Waals surface area contributed by atoms with Gasteiger partial charge in [-0.05, 0) is 56.9 Å². The molecular formula is C20H36IN3O2S. The number of hydrogen-bond acceptors (Lipinski definition) is 4. The lowest BCUT2D eigenvalue weighted by Gasteiger charge is -2.30. The van der Waals surface area contributed by atoms with Crippen molar-refractivity contribution in [3.05, 3.63) is 22.4 Å². The third kappa shape index (κ3) is 7.87. The van der Waals surface area contributed by atoms with Crippen molar-refractivity contribution in [1.82, 2.24) is 10.6 Å². The van der Waals surface area contributed by atoms with Crippen LogP contribution in [0.1, 0.15) is 57.8 Å². The monoisotopic (exact) mass is 509 g/mol. The van der Waals surface area contributed by atoms with E-state index in [0.29, 0.717) is 12.0 Å². The fourth-order valence-electron chi connectivity index (χ4n) is 3.58. The van der Waals surface area contributed by atoms with E-state index < -0.39 is 5.60 Å². The number of thiophene rings is 1. The minimum absolute atomic E-state index is 0. The third-order valence-electron chi connectivity index (χ3n) is 5.22. The molecule has 0 aromatic carbocycles. The van der Waals surface area contributed by atoms with E-state index >= 15 is 0 Å². The predicted molar refractivity (Wildman–Crippen MR) is 125 cm³/mol. The zero-order valence-electron chi connectivity index (χ0n) is 16.9. The van der Waals surface area contributed by atoms with Crippen LogP contribution in [0.2, 0.25) is 0 Å². The molecular weight excluding hydrogens is 473 g/mol. The summed E-state index contributed by atoms with van der Waals surface area (Å²) in [4.78, 5) is 5.59. The number of aliphatic imine (C=N–C) groups is 1. The second kappa shape index (κ2) is 12.2. The summed E-state index contributed by atoms with van der Waals surface area (Å²) in [6.07, 6.45) is 6.20. The normalized spacial score (nSPS) is 18.6. The highest BCUT2D eigenvalue weighted by molar-refractivity contribution is 14.0. The lowest BCUT2D eigenvalue weighted by molar-refractivity contribution is 0.0711. The van der Waals surface area contributed by atoms with Crippen molar-refractivity contribution >= 4 is 41.3 Å². The second-order valence-electron chi connectivity index (χ2n) is 7.45. The first kappa shape index (κ1) is 24.7. The van der Waals surface area contributed by atoms with E-state index in [1.165, 1.54) is 25.7 Å². The van der Waals surface area contributed by atoms with Crippen molar-refractivity contribution in [3.63, 3.8) is 0 Å². The van der Waals surface area contributed by atoms with E-state index in [9.17, 15) is 5.11 Å². The molecule has 1 saturated carbocycles. The molecule has 1 aromatic heterocycles. The first-order valence-corrected chi connectivity index (χ1v) is 10.8. The maximum atomic E-state index is 10.7. The van der Waals surface area contributed by atoms with E-state index in [1.807, 2.05) is 24.4 Å². The Morgan fingerprint density at radius 3 is 2.67 bits per heavy atom. The number of guanidine groups is 1. The summed E-state index contributed by atoms with van der Waals surface area (Å²) in [5, 5.41) is 19.5. The van der Waals surface area contributed by atoms with Crippen molar-refractivity contribution < 1.29 is 9.84 Å². The molecule has 0 amide bonds. The first-order valence-electron chi connectivity index (χ1n) is 9.88. The van der Waals surface area contributed by atoms with Crippen molar-refractivity contribution in [1.29, 1.82) is 0 Å². The van der Waals surface area contributed by atoms with E-state index in [0.717, 1.165) is 43.6 Å². The largest absolute Gasteiger partial charge is 0.383 e. The standard InChI is InChI=1S/C20H35N3O2S.HI/c1-4-21-18(22-15-19(3,24)17-9-8-14-26-17)23-16-20(10-6-7-11-20)12-13-25-5-2;/h8-9,14,24H,4-7,10-13,15-16H2,1-3H3,(H2,21,22,23);1H. The fourth-order valence-corrected chi connectivity index (χ4v) is 4.36. The van der Waals surface area contributed by atoms with Crippen molar-refractivity contribution in [2.45, 2.75) is 58.5 Å². The molecule has 0 saturated heterocycles. The number of nitrogens with one attached hydrogen (secondary N) is 2. The van der Waals surface area contributed by atoms with Gasteiger partial charge in [0.1, 0.15) is 5.60 Å². The Labute approximate surface area is 185 Å². The highest BCUT2D eigenvalue weighted by Gasteiger charge is 2.33. The Bertz CT molecular complexity index is 543. The van der Waals surface area contributed by atoms with Gasteiger partial charge in [-0.3, -0.25) is 0 Å². The minimum atomic E-state index is -0.934. The van der Waals surface area contributed by atoms with Gasteiger partial charge in [0.25, 0.3) is 0 Å². The van der Waals surface area contributed by atoms with Gasteiger partial charge in [0.15, 0.2) is 5.96 Å². The molecule has 0 aliphatic heterocycles. The molecule has 0 bridgehead atoms. The number of ether oxygens (including phenoxy) is 1. The number of halogens is 1. The van der Waals surface area contributed by atoms with Crippen LogP contribution < -0.4 is 10.6 Å². The van der Waals surface area contributed by atoms with Crippen LogP contribution in [0, 0.1) is 5.41 Å². The second-order valence-corrected chi connectivity index (χ2v) is 8.40. The van der Waals surface area contributed by atoms with Crippen LogP contribution in [0.15, 0.2) is 22.5 Å². The molecule has 1 fully saturated rings. The molecule has 156 valence electrons. The SMILES string of the molecule is CCNC(=NCC(C)(O)c1cccs1)NCC1(CCOCC)CCCC1.I. The quantitative estimate of drug-likeness (QED) is 0.192. The van der Waals surface area contributed by atoms with Crippen LogP contribution in [-0.2, 0) is 10.3 Å². The smallest absolute Gasteiger partial charge is 0.191 e. The van der Waals surface area contributed by atoms with E-state index in [4.69, 9.17) is 4.74 Å². The van der Waals surface area contributed by atoms with Gasteiger partial charge in [0.05, 0.1) is 6.54 Å². The van der Waals surface area contributed by atoms with Crippen molar-refractivity contribution in [2.75, 3.05) is 32.8 Å². The Morgan fingerprint density at radius 2 is 2.07 bits per heavy atom. The van der Waals surface area contributed by atoms with E-state index in [2.05, 4.69) is 29.5 Å². The van der Waals surface area contributed by atoms with Crippen LogP contribution in [0.4, 0.5) is 0 Å². The summed E-state index contributed by atoms with van der Waals surface area (Å²) in [6.45, 7) is 9.61. The highest BCUT2D eigenvalue weighted by Crippen LogP contribution is 2.40. The van der Waals surface area contributed by atoms with Crippen LogP contribution in [0.3, 0.4) is 0 Å². The summed E-state index contributed by atoms with van der Waals surface area (Å²) in [6, 6.07) is 3.92. The average molecular weight is 509 g/mol. The fraction of sp³-hybridized carbons (Fsp3) is 0.750. The highest BCUT2D eigenvalue weighted by atomic mass is 127. The maximum Gasteiger partial charge on any atom is 0.191 e. The minimum Gasteiger partial charge on any atom is -0.383 e. The van der Waals surface area contributed by atoms with E-state index in [-0.39, 0.29) is 24.0 Å². The topological polar surface area (TPSA) is 65.9 Å². The lowest BCUT2D eigenvalue weighted by Crippen LogP contribution is -2.44. The van der Waals surface area contributed by atoms with Gasteiger partial charge in [0.2, 0.25) is 0 Å². The molecule has 0 spiro atoms. The van der Waals surface area contributed by atoms with Gasteiger partial charge in [0, 0.05) is 31.2 Å². The van der Waals surface area contributed by atoms with Gasteiger partial charge in [-0.15, -0.1) is 35.3 Å². The predicted octanol–water partition coefficient (Wildman–Crippen LogP) is 4.12. The zero-order valence-corrected chi connectivity index (χ0v) is 20.1. The Kier molecular flexibility index (Phi) is 11.2.